The Kier molecular flexibility index (Phi) is 5.00. The summed E-state index contributed by atoms with van der Waals surface area (Å²) in [6.45, 7) is 2.27. The highest BCUT2D eigenvalue weighted by Crippen LogP contribution is 2.29. The van der Waals surface area contributed by atoms with Crippen LogP contribution in [0.25, 0.3) is 0 Å². The second-order valence-corrected chi connectivity index (χ2v) is 5.28. The van der Waals surface area contributed by atoms with Crippen LogP contribution in [0.2, 0.25) is 0 Å². The summed E-state index contributed by atoms with van der Waals surface area (Å²) in [6, 6.07) is 5.51. The zero-order valence-electron chi connectivity index (χ0n) is 11.1. The van der Waals surface area contributed by atoms with E-state index in [4.69, 9.17) is 0 Å². The summed E-state index contributed by atoms with van der Waals surface area (Å²) in [5, 5.41) is 2.98. The highest BCUT2D eigenvalue weighted by molar-refractivity contribution is 9.10. The number of hydrogen-bond donors (Lipinski definition) is 1. The zero-order valence-corrected chi connectivity index (χ0v) is 12.6. The molecule has 0 bridgehead atoms. The molecule has 6 heteroatoms. The fraction of sp³-hybridized carbons (Fsp3) is 0.200. The van der Waals surface area contributed by atoms with E-state index in [0.29, 0.717) is 12.1 Å². The maximum absolute atomic E-state index is 14.0. The van der Waals surface area contributed by atoms with E-state index < -0.39 is 29.3 Å². The van der Waals surface area contributed by atoms with Gasteiger partial charge < -0.3 is 5.32 Å². The molecule has 2 aromatic carbocycles. The van der Waals surface area contributed by atoms with Crippen molar-refractivity contribution in [2.45, 2.75) is 13.0 Å². The van der Waals surface area contributed by atoms with Crippen molar-refractivity contribution in [3.63, 3.8) is 0 Å². The summed E-state index contributed by atoms with van der Waals surface area (Å²) < 4.78 is 53.9. The molecule has 0 aliphatic carbocycles. The molecule has 2 rings (SSSR count). The Balaban J connectivity index is 2.53. The largest absolute Gasteiger partial charge is 0.306 e. The Labute approximate surface area is 128 Å². The Morgan fingerprint density at radius 2 is 1.67 bits per heavy atom. The van der Waals surface area contributed by atoms with Gasteiger partial charge in [0, 0.05) is 5.56 Å². The topological polar surface area (TPSA) is 12.0 Å². The third-order valence-corrected chi connectivity index (χ3v) is 3.67. The third-order valence-electron chi connectivity index (χ3n) is 3.06. The van der Waals surface area contributed by atoms with Gasteiger partial charge in [0.15, 0.2) is 17.5 Å². The SMILES string of the molecule is CCNC(c1ccc(F)c(Br)c1)c1ccc(F)c(F)c1F. The summed E-state index contributed by atoms with van der Waals surface area (Å²) in [7, 11) is 0. The molecule has 0 radical (unpaired) electrons. The molecule has 2 aromatic rings. The Bertz CT molecular complexity index is 660. The average Bonchev–Trinajstić information content (AvgIpc) is 2.46. The fourth-order valence-corrected chi connectivity index (χ4v) is 2.46. The van der Waals surface area contributed by atoms with Crippen LogP contribution in [0.4, 0.5) is 17.6 Å². The maximum atomic E-state index is 14.0. The molecule has 0 amide bonds. The normalized spacial score (nSPS) is 12.5. The van der Waals surface area contributed by atoms with Gasteiger partial charge in [0.2, 0.25) is 0 Å². The molecular formula is C15H12BrF4N. The number of rotatable bonds is 4. The lowest BCUT2D eigenvalue weighted by molar-refractivity contribution is 0.433. The Morgan fingerprint density at radius 3 is 2.29 bits per heavy atom. The molecular weight excluding hydrogens is 350 g/mol. The van der Waals surface area contributed by atoms with Gasteiger partial charge >= 0.3 is 0 Å². The molecule has 0 saturated carbocycles. The zero-order chi connectivity index (χ0) is 15.6. The second-order valence-electron chi connectivity index (χ2n) is 4.43. The predicted octanol–water partition coefficient (Wildman–Crippen LogP) is 4.70. The van der Waals surface area contributed by atoms with Crippen molar-refractivity contribution >= 4 is 15.9 Å². The van der Waals surface area contributed by atoms with Crippen LogP contribution >= 0.6 is 15.9 Å². The van der Waals surface area contributed by atoms with E-state index in [1.807, 2.05) is 0 Å². The van der Waals surface area contributed by atoms with Crippen molar-refractivity contribution in [1.82, 2.24) is 5.32 Å². The summed E-state index contributed by atoms with van der Waals surface area (Å²) >= 11 is 3.05. The monoisotopic (exact) mass is 361 g/mol. The number of benzene rings is 2. The first kappa shape index (κ1) is 16.0. The lowest BCUT2D eigenvalue weighted by Gasteiger charge is -2.20. The van der Waals surface area contributed by atoms with Crippen LogP contribution in [0, 0.1) is 23.3 Å². The van der Waals surface area contributed by atoms with Crippen LogP contribution in [-0.2, 0) is 0 Å². The van der Waals surface area contributed by atoms with E-state index in [0.717, 1.165) is 6.07 Å². The molecule has 0 aliphatic heterocycles. The smallest absolute Gasteiger partial charge is 0.194 e. The molecule has 0 aromatic heterocycles. The lowest BCUT2D eigenvalue weighted by Crippen LogP contribution is -2.23. The first-order valence-corrected chi connectivity index (χ1v) is 7.06. The minimum absolute atomic E-state index is 0.0331. The predicted molar refractivity (Wildman–Crippen MR) is 75.9 cm³/mol. The molecule has 1 nitrogen and oxygen atoms in total. The second kappa shape index (κ2) is 6.58. The van der Waals surface area contributed by atoms with Crippen molar-refractivity contribution in [3.05, 3.63) is 69.2 Å². The molecule has 0 heterocycles. The first-order valence-electron chi connectivity index (χ1n) is 6.27. The van der Waals surface area contributed by atoms with Crippen molar-refractivity contribution in [1.29, 1.82) is 0 Å². The van der Waals surface area contributed by atoms with E-state index in [1.165, 1.54) is 24.3 Å². The Hall–Kier alpha value is -1.40. The van der Waals surface area contributed by atoms with Gasteiger partial charge in [0.05, 0.1) is 10.5 Å². The summed E-state index contributed by atoms with van der Waals surface area (Å²) in [6.07, 6.45) is 0. The van der Waals surface area contributed by atoms with Crippen LogP contribution in [0.5, 0.6) is 0 Å². The van der Waals surface area contributed by atoms with Gasteiger partial charge in [-0.15, -0.1) is 0 Å². The number of nitrogens with one attached hydrogen (secondary N) is 1. The van der Waals surface area contributed by atoms with Crippen LogP contribution < -0.4 is 5.32 Å². The van der Waals surface area contributed by atoms with E-state index >= 15 is 0 Å². The van der Waals surface area contributed by atoms with E-state index in [-0.39, 0.29) is 10.0 Å². The first-order chi connectivity index (χ1) is 9.95. The van der Waals surface area contributed by atoms with Crippen LogP contribution in [0.1, 0.15) is 24.1 Å². The molecule has 112 valence electrons. The molecule has 1 atom stereocenters. The standard InChI is InChI=1S/C15H12BrF4N/c1-2-21-15(8-3-5-11(17)10(16)7-8)9-4-6-12(18)14(20)13(9)19/h3-7,15,21H,2H2,1H3. The fourth-order valence-electron chi connectivity index (χ4n) is 2.07. The van der Waals surface area contributed by atoms with Crippen LogP contribution in [0.15, 0.2) is 34.8 Å². The number of halogens is 5. The van der Waals surface area contributed by atoms with Gasteiger partial charge in [0.1, 0.15) is 5.82 Å². The van der Waals surface area contributed by atoms with Gasteiger partial charge in [0.25, 0.3) is 0 Å². The highest BCUT2D eigenvalue weighted by Gasteiger charge is 2.22. The summed E-state index contributed by atoms with van der Waals surface area (Å²) in [4.78, 5) is 0. The molecule has 0 fully saturated rings. The van der Waals surface area contributed by atoms with Gasteiger partial charge in [-0.05, 0) is 46.2 Å². The molecule has 21 heavy (non-hydrogen) atoms. The van der Waals surface area contributed by atoms with Gasteiger partial charge in [-0.3, -0.25) is 0 Å². The van der Waals surface area contributed by atoms with Crippen molar-refractivity contribution in [2.24, 2.45) is 0 Å². The van der Waals surface area contributed by atoms with Gasteiger partial charge in [-0.2, -0.15) is 0 Å². The molecule has 1 N–H and O–H groups in total. The molecule has 0 spiro atoms. The van der Waals surface area contributed by atoms with Gasteiger partial charge in [-0.1, -0.05) is 19.1 Å². The van der Waals surface area contributed by atoms with Gasteiger partial charge in [-0.25, -0.2) is 17.6 Å². The summed E-state index contributed by atoms with van der Waals surface area (Å²) in [5.41, 5.74) is 0.504. The van der Waals surface area contributed by atoms with E-state index in [1.54, 1.807) is 6.92 Å². The molecule has 0 aliphatic rings. The quantitative estimate of drug-likeness (QED) is 0.614. The van der Waals surface area contributed by atoms with E-state index in [9.17, 15) is 17.6 Å². The maximum Gasteiger partial charge on any atom is 0.194 e. The van der Waals surface area contributed by atoms with Crippen LogP contribution in [-0.4, -0.2) is 6.54 Å². The Morgan fingerprint density at radius 1 is 1.00 bits per heavy atom. The highest BCUT2D eigenvalue weighted by atomic mass is 79.9. The van der Waals surface area contributed by atoms with Crippen molar-refractivity contribution < 1.29 is 17.6 Å². The van der Waals surface area contributed by atoms with Crippen molar-refractivity contribution in [3.8, 4) is 0 Å². The van der Waals surface area contributed by atoms with Crippen molar-refractivity contribution in [2.75, 3.05) is 6.54 Å². The molecule has 1 unspecified atom stereocenters. The third kappa shape index (κ3) is 3.27. The minimum Gasteiger partial charge on any atom is -0.306 e. The lowest BCUT2D eigenvalue weighted by atomic mass is 9.97. The summed E-state index contributed by atoms with van der Waals surface area (Å²) in [5.74, 6) is -4.47. The van der Waals surface area contributed by atoms with E-state index in [2.05, 4.69) is 21.2 Å². The van der Waals surface area contributed by atoms with Crippen LogP contribution in [0.3, 0.4) is 0 Å². The minimum atomic E-state index is -1.52. The molecule has 0 saturated heterocycles. The average molecular weight is 362 g/mol. The number of hydrogen-bond acceptors (Lipinski definition) is 1.